The maximum atomic E-state index is 12.5. The molecule has 1 aliphatic rings. The Morgan fingerprint density at radius 1 is 1.10 bits per heavy atom. The average Bonchev–Trinajstić information content (AvgIpc) is 3.17. The molecule has 2 N–H and O–H groups in total. The molecule has 1 aliphatic carbocycles. The monoisotopic (exact) mass is 413 g/mol. The number of aromatic nitrogens is 1. The number of benzene rings is 1. The summed E-state index contributed by atoms with van der Waals surface area (Å²) < 4.78 is 33.4. The number of furan rings is 1. The van der Waals surface area contributed by atoms with Gasteiger partial charge in [-0.25, -0.2) is 13.1 Å². The number of pyridine rings is 1. The van der Waals surface area contributed by atoms with Crippen LogP contribution in [0.2, 0.25) is 0 Å². The summed E-state index contributed by atoms with van der Waals surface area (Å²) in [6, 6.07) is 10.0. The topological polar surface area (TPSA) is 101 Å². The fraction of sp³-hybridized carbons (Fsp3) is 0.333. The van der Waals surface area contributed by atoms with Crippen LogP contribution < -0.4 is 10.0 Å². The molecule has 29 heavy (non-hydrogen) atoms. The smallest absolute Gasteiger partial charge is 0.287 e. The molecule has 7 nitrogen and oxygen atoms in total. The van der Waals surface area contributed by atoms with Gasteiger partial charge in [-0.3, -0.25) is 9.78 Å². The number of fused-ring (bicyclic) bond motifs is 1. The minimum atomic E-state index is -3.52. The third-order valence-corrected chi connectivity index (χ3v) is 6.70. The molecular weight excluding hydrogens is 390 g/mol. The first kappa shape index (κ1) is 19.6. The highest BCUT2D eigenvalue weighted by molar-refractivity contribution is 7.89. The number of nitrogens with zero attached hydrogens (tertiary/aromatic N) is 1. The SMILES string of the molecule is O=C(NCc1ccc(S(=O)(=O)NC2CCCCC2)cc1)c1cc2ccncc2o1. The predicted molar refractivity (Wildman–Crippen MR) is 109 cm³/mol. The van der Waals surface area contributed by atoms with Crippen LogP contribution in [0.1, 0.15) is 48.2 Å². The summed E-state index contributed by atoms with van der Waals surface area (Å²) in [4.78, 5) is 16.5. The first-order valence-corrected chi connectivity index (χ1v) is 11.2. The second-order valence-corrected chi connectivity index (χ2v) is 9.02. The Morgan fingerprint density at radius 2 is 1.86 bits per heavy atom. The van der Waals surface area contributed by atoms with Gasteiger partial charge >= 0.3 is 0 Å². The minimum Gasteiger partial charge on any atom is -0.449 e. The summed E-state index contributed by atoms with van der Waals surface area (Å²) in [5, 5.41) is 3.59. The van der Waals surface area contributed by atoms with E-state index in [2.05, 4.69) is 15.0 Å². The summed E-state index contributed by atoms with van der Waals surface area (Å²) in [7, 11) is -3.52. The lowest BCUT2D eigenvalue weighted by Crippen LogP contribution is -2.36. The second kappa shape index (κ2) is 8.34. The van der Waals surface area contributed by atoms with Gasteiger partial charge in [-0.1, -0.05) is 31.4 Å². The van der Waals surface area contributed by atoms with Crippen LogP contribution in [0.3, 0.4) is 0 Å². The van der Waals surface area contributed by atoms with Crippen molar-refractivity contribution in [1.29, 1.82) is 0 Å². The fourth-order valence-corrected chi connectivity index (χ4v) is 4.87. The first-order chi connectivity index (χ1) is 14.0. The largest absolute Gasteiger partial charge is 0.449 e. The Kier molecular flexibility index (Phi) is 5.64. The predicted octanol–water partition coefficient (Wildman–Crippen LogP) is 3.37. The Hall–Kier alpha value is -2.71. The molecule has 0 unspecified atom stereocenters. The van der Waals surface area contributed by atoms with E-state index < -0.39 is 10.0 Å². The maximum absolute atomic E-state index is 12.5. The highest BCUT2D eigenvalue weighted by atomic mass is 32.2. The number of carbonyl (C=O) groups excluding carboxylic acids is 1. The van der Waals surface area contributed by atoms with Crippen LogP contribution in [0.4, 0.5) is 0 Å². The van der Waals surface area contributed by atoms with E-state index in [1.165, 1.54) is 6.42 Å². The van der Waals surface area contributed by atoms with E-state index in [0.717, 1.165) is 36.6 Å². The zero-order chi connectivity index (χ0) is 20.3. The van der Waals surface area contributed by atoms with Gasteiger partial charge in [0, 0.05) is 24.2 Å². The van der Waals surface area contributed by atoms with Gasteiger partial charge in [0.1, 0.15) is 0 Å². The maximum Gasteiger partial charge on any atom is 0.287 e. The van der Waals surface area contributed by atoms with Crippen molar-refractivity contribution in [3.05, 3.63) is 60.1 Å². The molecule has 152 valence electrons. The zero-order valence-corrected chi connectivity index (χ0v) is 16.7. The Bertz CT molecular complexity index is 1070. The number of amides is 1. The van der Waals surface area contributed by atoms with Gasteiger partial charge < -0.3 is 9.73 Å². The van der Waals surface area contributed by atoms with E-state index >= 15 is 0 Å². The number of nitrogens with one attached hydrogen (secondary N) is 2. The van der Waals surface area contributed by atoms with E-state index in [-0.39, 0.29) is 29.1 Å². The molecule has 4 rings (SSSR count). The minimum absolute atomic E-state index is 0.0201. The molecule has 0 bridgehead atoms. The molecule has 2 aromatic heterocycles. The normalized spacial score (nSPS) is 15.4. The molecular formula is C21H23N3O4S. The first-order valence-electron chi connectivity index (χ1n) is 9.74. The van der Waals surface area contributed by atoms with Crippen molar-refractivity contribution in [2.45, 2.75) is 49.6 Å². The van der Waals surface area contributed by atoms with Crippen LogP contribution in [0.15, 0.2) is 58.1 Å². The van der Waals surface area contributed by atoms with Gasteiger partial charge in [-0.2, -0.15) is 0 Å². The quantitative estimate of drug-likeness (QED) is 0.645. The lowest BCUT2D eigenvalue weighted by Gasteiger charge is -2.22. The van der Waals surface area contributed by atoms with Crippen LogP contribution in [-0.4, -0.2) is 25.4 Å². The number of carbonyl (C=O) groups is 1. The molecule has 1 aromatic carbocycles. The van der Waals surface area contributed by atoms with E-state index in [4.69, 9.17) is 4.42 Å². The molecule has 1 saturated carbocycles. The third-order valence-electron chi connectivity index (χ3n) is 5.16. The summed E-state index contributed by atoms with van der Waals surface area (Å²) in [6.45, 7) is 0.268. The van der Waals surface area contributed by atoms with Crippen LogP contribution >= 0.6 is 0 Å². The molecule has 1 fully saturated rings. The van der Waals surface area contributed by atoms with Gasteiger partial charge in [-0.05, 0) is 42.7 Å². The van der Waals surface area contributed by atoms with Crippen LogP contribution in [0.5, 0.6) is 0 Å². The molecule has 3 aromatic rings. The van der Waals surface area contributed by atoms with Crippen molar-refractivity contribution >= 4 is 26.9 Å². The molecule has 0 saturated heterocycles. The summed E-state index contributed by atoms with van der Waals surface area (Å²) >= 11 is 0. The lowest BCUT2D eigenvalue weighted by atomic mass is 9.96. The highest BCUT2D eigenvalue weighted by Crippen LogP contribution is 2.20. The Morgan fingerprint density at radius 3 is 2.59 bits per heavy atom. The van der Waals surface area contributed by atoms with Crippen molar-refractivity contribution in [3.63, 3.8) is 0 Å². The second-order valence-electron chi connectivity index (χ2n) is 7.31. The van der Waals surface area contributed by atoms with Crippen molar-refractivity contribution in [3.8, 4) is 0 Å². The van der Waals surface area contributed by atoms with Crippen molar-refractivity contribution in [2.24, 2.45) is 0 Å². The van der Waals surface area contributed by atoms with E-state index in [9.17, 15) is 13.2 Å². The van der Waals surface area contributed by atoms with Gasteiger partial charge in [0.25, 0.3) is 5.91 Å². The molecule has 8 heteroatoms. The van der Waals surface area contributed by atoms with Gasteiger partial charge in [0.15, 0.2) is 11.3 Å². The average molecular weight is 413 g/mol. The standard InChI is InChI=1S/C21H23N3O4S/c25-21(19-12-16-10-11-22-14-20(16)28-19)23-13-15-6-8-18(9-7-15)29(26,27)24-17-4-2-1-3-5-17/h6-12,14,17,24H,1-5,13H2,(H,23,25). The molecule has 0 aliphatic heterocycles. The number of hydrogen-bond donors (Lipinski definition) is 2. The number of rotatable bonds is 6. The number of sulfonamides is 1. The molecule has 2 heterocycles. The van der Waals surface area contributed by atoms with Crippen LogP contribution in [0.25, 0.3) is 11.0 Å². The van der Waals surface area contributed by atoms with Gasteiger partial charge in [0.05, 0.1) is 11.1 Å². The van der Waals surface area contributed by atoms with E-state index in [1.54, 1.807) is 48.8 Å². The lowest BCUT2D eigenvalue weighted by molar-refractivity contribution is 0.0925. The molecule has 1 amide bonds. The molecule has 0 radical (unpaired) electrons. The zero-order valence-electron chi connectivity index (χ0n) is 15.9. The third kappa shape index (κ3) is 4.65. The van der Waals surface area contributed by atoms with Crippen LogP contribution in [-0.2, 0) is 16.6 Å². The summed E-state index contributed by atoms with van der Waals surface area (Å²) in [5.74, 6) is -0.124. The summed E-state index contributed by atoms with van der Waals surface area (Å²) in [5.41, 5.74) is 1.35. The van der Waals surface area contributed by atoms with Crippen LogP contribution in [0, 0.1) is 0 Å². The Labute approximate surface area is 169 Å². The van der Waals surface area contributed by atoms with Gasteiger partial charge in [0.2, 0.25) is 10.0 Å². The highest BCUT2D eigenvalue weighted by Gasteiger charge is 2.21. The van der Waals surface area contributed by atoms with Gasteiger partial charge in [-0.15, -0.1) is 0 Å². The number of hydrogen-bond acceptors (Lipinski definition) is 5. The summed E-state index contributed by atoms with van der Waals surface area (Å²) in [6.07, 6.45) is 8.28. The van der Waals surface area contributed by atoms with E-state index in [0.29, 0.717) is 5.58 Å². The van der Waals surface area contributed by atoms with Crippen molar-refractivity contribution < 1.29 is 17.6 Å². The molecule has 0 atom stereocenters. The van der Waals surface area contributed by atoms with Crippen molar-refractivity contribution in [1.82, 2.24) is 15.0 Å². The van der Waals surface area contributed by atoms with Crippen molar-refractivity contribution in [2.75, 3.05) is 0 Å². The Balaban J connectivity index is 1.37. The fourth-order valence-electron chi connectivity index (χ4n) is 3.56. The van der Waals surface area contributed by atoms with E-state index in [1.807, 2.05) is 0 Å². The molecule has 0 spiro atoms.